The minimum Gasteiger partial charge on any atom is -0.467 e. The van der Waals surface area contributed by atoms with Crippen LogP contribution in [0, 0.1) is 5.92 Å². The molecule has 0 saturated carbocycles. The Morgan fingerprint density at radius 1 is 1.26 bits per heavy atom. The molecule has 0 aromatic carbocycles. The number of carbonyl (C=O) groups excluding carboxylic acids is 1. The smallest absolute Gasteiger partial charge is 0.271 e. The number of anilines is 1. The third kappa shape index (κ3) is 3.99. The van der Waals surface area contributed by atoms with Crippen LogP contribution < -0.4 is 10.2 Å². The first-order chi connectivity index (χ1) is 13.2. The Hall–Kier alpha value is -3.16. The largest absolute Gasteiger partial charge is 0.467 e. The number of nitrogens with one attached hydrogen (secondary N) is 1. The van der Waals surface area contributed by atoms with Gasteiger partial charge in [0, 0.05) is 25.4 Å². The van der Waals surface area contributed by atoms with Crippen LogP contribution >= 0.6 is 0 Å². The predicted molar refractivity (Wildman–Crippen MR) is 99.6 cm³/mol. The van der Waals surface area contributed by atoms with E-state index in [1.54, 1.807) is 35.7 Å². The van der Waals surface area contributed by atoms with Crippen molar-refractivity contribution in [2.45, 2.75) is 26.3 Å². The monoisotopic (exact) mass is 366 g/mol. The average molecular weight is 366 g/mol. The van der Waals surface area contributed by atoms with Gasteiger partial charge >= 0.3 is 0 Å². The molecule has 140 valence electrons. The third-order valence-corrected chi connectivity index (χ3v) is 4.83. The highest BCUT2D eigenvalue weighted by molar-refractivity contribution is 5.92. The van der Waals surface area contributed by atoms with Crippen LogP contribution in [0.4, 0.5) is 5.82 Å². The fraction of sp³-hybridized carbons (Fsp3) is 0.368. The molecular formula is C19H22N6O2. The fourth-order valence-corrected chi connectivity index (χ4v) is 3.13. The Labute approximate surface area is 157 Å². The summed E-state index contributed by atoms with van der Waals surface area (Å²) in [4.78, 5) is 27.4. The Kier molecular flexibility index (Phi) is 4.86. The molecule has 0 aliphatic carbocycles. The predicted octanol–water partition coefficient (Wildman–Crippen LogP) is 2.42. The SMILES string of the molecule is CC1CCN(c2cc(-n3cnc(C(=O)NCc4ccco4)c3)ncn2)CC1. The lowest BCUT2D eigenvalue weighted by molar-refractivity contribution is 0.0943. The molecule has 0 bridgehead atoms. The van der Waals surface area contributed by atoms with Gasteiger partial charge in [0.1, 0.15) is 35.7 Å². The maximum atomic E-state index is 12.3. The van der Waals surface area contributed by atoms with E-state index in [1.165, 1.54) is 12.8 Å². The van der Waals surface area contributed by atoms with Gasteiger partial charge in [0.05, 0.1) is 12.8 Å². The van der Waals surface area contributed by atoms with E-state index in [1.807, 2.05) is 12.1 Å². The molecule has 4 rings (SSSR count). The zero-order chi connectivity index (χ0) is 18.6. The highest BCUT2D eigenvalue weighted by Crippen LogP contribution is 2.22. The second-order valence-corrected chi connectivity index (χ2v) is 6.83. The highest BCUT2D eigenvalue weighted by atomic mass is 16.3. The van der Waals surface area contributed by atoms with E-state index in [0.717, 1.165) is 24.8 Å². The van der Waals surface area contributed by atoms with E-state index in [-0.39, 0.29) is 5.91 Å². The lowest BCUT2D eigenvalue weighted by Gasteiger charge is -2.31. The summed E-state index contributed by atoms with van der Waals surface area (Å²) in [5, 5.41) is 2.78. The Morgan fingerprint density at radius 3 is 2.85 bits per heavy atom. The lowest BCUT2D eigenvalue weighted by atomic mass is 9.99. The van der Waals surface area contributed by atoms with Crippen molar-refractivity contribution in [1.29, 1.82) is 0 Å². The van der Waals surface area contributed by atoms with Gasteiger partial charge in [-0.15, -0.1) is 0 Å². The molecule has 1 N–H and O–H groups in total. The van der Waals surface area contributed by atoms with Crippen LogP contribution in [0.2, 0.25) is 0 Å². The number of piperidine rings is 1. The third-order valence-electron chi connectivity index (χ3n) is 4.83. The molecule has 8 heteroatoms. The molecule has 1 aliphatic heterocycles. The molecule has 0 atom stereocenters. The molecule has 4 heterocycles. The summed E-state index contributed by atoms with van der Waals surface area (Å²) in [6.07, 6.45) is 8.73. The van der Waals surface area contributed by atoms with Crippen LogP contribution in [0.25, 0.3) is 5.82 Å². The fourth-order valence-electron chi connectivity index (χ4n) is 3.13. The van der Waals surface area contributed by atoms with Crippen molar-refractivity contribution in [2.24, 2.45) is 5.92 Å². The van der Waals surface area contributed by atoms with Crippen molar-refractivity contribution in [3.05, 3.63) is 54.8 Å². The van der Waals surface area contributed by atoms with Gasteiger partial charge in [-0.1, -0.05) is 6.92 Å². The van der Waals surface area contributed by atoms with Gasteiger partial charge in [-0.05, 0) is 30.9 Å². The van der Waals surface area contributed by atoms with Crippen LogP contribution in [0.15, 0.2) is 47.7 Å². The number of amides is 1. The van der Waals surface area contributed by atoms with Crippen LogP contribution in [-0.4, -0.2) is 38.5 Å². The number of aromatic nitrogens is 4. The second kappa shape index (κ2) is 7.61. The Balaban J connectivity index is 1.45. The molecular weight excluding hydrogens is 344 g/mol. The normalized spacial score (nSPS) is 15.1. The van der Waals surface area contributed by atoms with Crippen molar-refractivity contribution < 1.29 is 9.21 Å². The van der Waals surface area contributed by atoms with E-state index in [9.17, 15) is 4.79 Å². The Morgan fingerprint density at radius 2 is 2.07 bits per heavy atom. The molecule has 1 fully saturated rings. The number of imidazole rings is 1. The van der Waals surface area contributed by atoms with Crippen molar-refractivity contribution in [3.63, 3.8) is 0 Å². The number of hydrogen-bond donors (Lipinski definition) is 1. The summed E-state index contributed by atoms with van der Waals surface area (Å²) in [7, 11) is 0. The van der Waals surface area contributed by atoms with Crippen molar-refractivity contribution >= 4 is 11.7 Å². The maximum Gasteiger partial charge on any atom is 0.271 e. The molecule has 0 radical (unpaired) electrons. The van der Waals surface area contributed by atoms with E-state index >= 15 is 0 Å². The van der Waals surface area contributed by atoms with Crippen molar-refractivity contribution in [3.8, 4) is 5.82 Å². The zero-order valence-corrected chi connectivity index (χ0v) is 15.2. The first kappa shape index (κ1) is 17.3. The van der Waals surface area contributed by atoms with Crippen molar-refractivity contribution in [1.82, 2.24) is 24.8 Å². The lowest BCUT2D eigenvalue weighted by Crippen LogP contribution is -2.33. The minimum atomic E-state index is -0.260. The zero-order valence-electron chi connectivity index (χ0n) is 15.2. The van der Waals surface area contributed by atoms with Gasteiger partial charge in [0.2, 0.25) is 0 Å². The molecule has 0 spiro atoms. The quantitative estimate of drug-likeness (QED) is 0.746. The molecule has 3 aromatic heterocycles. The maximum absolute atomic E-state index is 12.3. The van der Waals surface area contributed by atoms with E-state index in [2.05, 4.69) is 32.1 Å². The number of rotatable bonds is 5. The van der Waals surface area contributed by atoms with Gasteiger partial charge in [-0.3, -0.25) is 9.36 Å². The van der Waals surface area contributed by atoms with E-state index < -0.39 is 0 Å². The Bertz CT molecular complexity index is 897. The van der Waals surface area contributed by atoms with Gasteiger partial charge < -0.3 is 14.6 Å². The minimum absolute atomic E-state index is 0.260. The molecule has 0 unspecified atom stereocenters. The summed E-state index contributed by atoms with van der Waals surface area (Å²) in [5.41, 5.74) is 0.327. The molecule has 27 heavy (non-hydrogen) atoms. The number of furan rings is 1. The second-order valence-electron chi connectivity index (χ2n) is 6.83. The average Bonchev–Trinajstić information content (AvgIpc) is 3.39. The van der Waals surface area contributed by atoms with Crippen LogP contribution in [0.3, 0.4) is 0 Å². The summed E-state index contributed by atoms with van der Waals surface area (Å²) < 4.78 is 6.95. The van der Waals surface area contributed by atoms with Gasteiger partial charge in [0.25, 0.3) is 5.91 Å². The summed E-state index contributed by atoms with van der Waals surface area (Å²) >= 11 is 0. The molecule has 3 aromatic rings. The first-order valence-electron chi connectivity index (χ1n) is 9.11. The molecule has 1 amide bonds. The van der Waals surface area contributed by atoms with E-state index in [0.29, 0.717) is 23.8 Å². The van der Waals surface area contributed by atoms with Gasteiger partial charge in [0.15, 0.2) is 0 Å². The van der Waals surface area contributed by atoms with Gasteiger partial charge in [-0.2, -0.15) is 0 Å². The van der Waals surface area contributed by atoms with E-state index in [4.69, 9.17) is 4.42 Å². The standard InChI is InChI=1S/C19H22N6O2/c1-14-4-6-24(7-5-14)17-9-18(22-12-21-17)25-11-16(23-13-25)19(26)20-10-15-3-2-8-27-15/h2-3,8-9,11-14H,4-7,10H2,1H3,(H,20,26). The summed E-state index contributed by atoms with van der Waals surface area (Å²) in [6.45, 7) is 4.61. The summed E-state index contributed by atoms with van der Waals surface area (Å²) in [6, 6.07) is 5.52. The van der Waals surface area contributed by atoms with Crippen LogP contribution in [0.1, 0.15) is 36.0 Å². The van der Waals surface area contributed by atoms with Crippen LogP contribution in [0.5, 0.6) is 0 Å². The topological polar surface area (TPSA) is 89.1 Å². The first-order valence-corrected chi connectivity index (χ1v) is 9.11. The highest BCUT2D eigenvalue weighted by Gasteiger charge is 2.18. The molecule has 8 nitrogen and oxygen atoms in total. The van der Waals surface area contributed by atoms with Crippen molar-refractivity contribution in [2.75, 3.05) is 18.0 Å². The van der Waals surface area contributed by atoms with Gasteiger partial charge in [-0.25, -0.2) is 15.0 Å². The molecule has 1 aliphatic rings. The number of carbonyl (C=O) groups is 1. The molecule has 1 saturated heterocycles. The summed E-state index contributed by atoms with van der Waals surface area (Å²) in [5.74, 6) is 2.79. The number of hydrogen-bond acceptors (Lipinski definition) is 6. The van der Waals surface area contributed by atoms with Crippen LogP contribution in [-0.2, 0) is 6.54 Å². The number of nitrogens with zero attached hydrogens (tertiary/aromatic N) is 5.